The van der Waals surface area contributed by atoms with E-state index < -0.39 is 0 Å². The van der Waals surface area contributed by atoms with Crippen molar-refractivity contribution in [1.82, 2.24) is 9.88 Å². The van der Waals surface area contributed by atoms with Gasteiger partial charge in [0.1, 0.15) is 6.61 Å². The third-order valence-electron chi connectivity index (χ3n) is 3.00. The molecule has 0 unspecified atom stereocenters. The number of nitrogens with zero attached hydrogens (tertiary/aromatic N) is 2. The first kappa shape index (κ1) is 12.0. The normalized spacial score (nSPS) is 15.0. The highest BCUT2D eigenvalue weighted by molar-refractivity contribution is 5.96. The lowest BCUT2D eigenvalue weighted by molar-refractivity contribution is 0.101. The molecule has 4 heteroatoms. The average molecular weight is 234 g/mol. The standard InChI is InChI=1S/C13H18N2O2/c1-10(16)12-4-3-7-14-13(12)17-9-8-15(2)11-5-6-11/h3-4,7,11H,5-6,8-9H2,1-2H3. The number of aromatic nitrogens is 1. The van der Waals surface area contributed by atoms with Crippen molar-refractivity contribution in [2.75, 3.05) is 20.2 Å². The van der Waals surface area contributed by atoms with Gasteiger partial charge in [-0.3, -0.25) is 4.79 Å². The number of carbonyl (C=O) groups is 1. The van der Waals surface area contributed by atoms with Gasteiger partial charge in [-0.05, 0) is 38.9 Å². The van der Waals surface area contributed by atoms with Crippen LogP contribution in [-0.4, -0.2) is 41.9 Å². The Morgan fingerprint density at radius 1 is 1.59 bits per heavy atom. The zero-order valence-electron chi connectivity index (χ0n) is 10.3. The van der Waals surface area contributed by atoms with E-state index >= 15 is 0 Å². The van der Waals surface area contributed by atoms with Gasteiger partial charge in [0.25, 0.3) is 0 Å². The fraction of sp³-hybridized carbons (Fsp3) is 0.538. The third kappa shape index (κ3) is 3.27. The summed E-state index contributed by atoms with van der Waals surface area (Å²) in [5, 5.41) is 0. The molecule has 1 fully saturated rings. The highest BCUT2D eigenvalue weighted by atomic mass is 16.5. The van der Waals surface area contributed by atoms with Crippen molar-refractivity contribution in [3.8, 4) is 5.88 Å². The van der Waals surface area contributed by atoms with Crippen molar-refractivity contribution >= 4 is 5.78 Å². The predicted octanol–water partition coefficient (Wildman–Crippen LogP) is 1.76. The van der Waals surface area contributed by atoms with Crippen molar-refractivity contribution in [3.63, 3.8) is 0 Å². The van der Waals surface area contributed by atoms with Gasteiger partial charge in [-0.15, -0.1) is 0 Å². The Kier molecular flexibility index (Phi) is 3.74. The van der Waals surface area contributed by atoms with Crippen LogP contribution < -0.4 is 4.74 Å². The Hall–Kier alpha value is -1.42. The Morgan fingerprint density at radius 3 is 3.00 bits per heavy atom. The van der Waals surface area contributed by atoms with Crippen LogP contribution in [0.4, 0.5) is 0 Å². The molecule has 1 aliphatic carbocycles. The lowest BCUT2D eigenvalue weighted by Crippen LogP contribution is -2.26. The molecule has 0 aliphatic heterocycles. The molecular weight excluding hydrogens is 216 g/mol. The first-order valence-corrected chi connectivity index (χ1v) is 5.97. The van der Waals surface area contributed by atoms with Gasteiger partial charge < -0.3 is 9.64 Å². The van der Waals surface area contributed by atoms with E-state index in [0.717, 1.165) is 12.6 Å². The van der Waals surface area contributed by atoms with Gasteiger partial charge in [-0.1, -0.05) is 0 Å². The van der Waals surface area contributed by atoms with E-state index in [4.69, 9.17) is 4.74 Å². The summed E-state index contributed by atoms with van der Waals surface area (Å²) in [5.41, 5.74) is 0.557. The zero-order valence-corrected chi connectivity index (χ0v) is 10.3. The summed E-state index contributed by atoms with van der Waals surface area (Å²) in [6.07, 6.45) is 4.23. The zero-order chi connectivity index (χ0) is 12.3. The lowest BCUT2D eigenvalue weighted by atomic mass is 10.2. The SMILES string of the molecule is CC(=O)c1cccnc1OCCN(C)C1CC1. The van der Waals surface area contributed by atoms with Crippen LogP contribution >= 0.6 is 0 Å². The Bertz CT molecular complexity index is 402. The van der Waals surface area contributed by atoms with Crippen LogP contribution in [0.1, 0.15) is 30.1 Å². The van der Waals surface area contributed by atoms with Gasteiger partial charge >= 0.3 is 0 Å². The lowest BCUT2D eigenvalue weighted by Gasteiger charge is -2.16. The number of ketones is 1. The van der Waals surface area contributed by atoms with Crippen LogP contribution in [-0.2, 0) is 0 Å². The predicted molar refractivity (Wildman–Crippen MR) is 65.4 cm³/mol. The molecule has 2 rings (SSSR count). The van der Waals surface area contributed by atoms with Crippen LogP contribution in [0.15, 0.2) is 18.3 Å². The average Bonchev–Trinajstić information content (AvgIpc) is 3.13. The smallest absolute Gasteiger partial charge is 0.224 e. The van der Waals surface area contributed by atoms with Crippen LogP contribution in [0, 0.1) is 0 Å². The molecule has 1 heterocycles. The molecule has 1 aliphatic rings. The minimum Gasteiger partial charge on any atom is -0.476 e. The second-order valence-corrected chi connectivity index (χ2v) is 4.47. The maximum atomic E-state index is 11.4. The van der Waals surface area contributed by atoms with Gasteiger partial charge in [-0.25, -0.2) is 4.98 Å². The van der Waals surface area contributed by atoms with Gasteiger partial charge in [-0.2, -0.15) is 0 Å². The maximum absolute atomic E-state index is 11.4. The van der Waals surface area contributed by atoms with Crippen LogP contribution in [0.3, 0.4) is 0 Å². The first-order valence-electron chi connectivity index (χ1n) is 5.97. The number of rotatable bonds is 6. The summed E-state index contributed by atoms with van der Waals surface area (Å²) in [5.74, 6) is 0.438. The molecule has 0 saturated heterocycles. The minimum absolute atomic E-state index is 0.0105. The fourth-order valence-electron chi connectivity index (χ4n) is 1.76. The first-order chi connectivity index (χ1) is 8.18. The molecule has 0 N–H and O–H groups in total. The molecule has 0 atom stereocenters. The van der Waals surface area contributed by atoms with Crippen LogP contribution in [0.25, 0.3) is 0 Å². The van der Waals surface area contributed by atoms with Crippen molar-refractivity contribution in [2.45, 2.75) is 25.8 Å². The number of pyridine rings is 1. The van der Waals surface area contributed by atoms with E-state index in [1.54, 1.807) is 18.3 Å². The van der Waals surface area contributed by atoms with E-state index in [0.29, 0.717) is 18.1 Å². The molecule has 0 aromatic carbocycles. The molecule has 1 aromatic rings. The maximum Gasteiger partial charge on any atom is 0.224 e. The number of carbonyl (C=O) groups excluding carboxylic acids is 1. The third-order valence-corrected chi connectivity index (χ3v) is 3.00. The quantitative estimate of drug-likeness (QED) is 0.703. The summed E-state index contributed by atoms with van der Waals surface area (Å²) >= 11 is 0. The molecule has 0 radical (unpaired) electrons. The summed E-state index contributed by atoms with van der Waals surface area (Å²) in [6, 6.07) is 4.23. The minimum atomic E-state index is -0.0105. The van der Waals surface area contributed by atoms with E-state index in [9.17, 15) is 4.79 Å². The molecule has 4 nitrogen and oxygen atoms in total. The van der Waals surface area contributed by atoms with E-state index in [1.807, 2.05) is 0 Å². The summed E-state index contributed by atoms with van der Waals surface area (Å²) < 4.78 is 5.57. The van der Waals surface area contributed by atoms with E-state index in [1.165, 1.54) is 19.8 Å². The molecule has 0 bridgehead atoms. The second kappa shape index (κ2) is 5.27. The number of likely N-dealkylation sites (N-methyl/N-ethyl adjacent to an activating group) is 1. The number of ether oxygens (including phenoxy) is 1. The van der Waals surface area contributed by atoms with Gasteiger partial charge in [0.05, 0.1) is 5.56 Å². The number of Topliss-reactive ketones (excluding diaryl/α,β-unsaturated/α-hetero) is 1. The largest absolute Gasteiger partial charge is 0.476 e. The topological polar surface area (TPSA) is 42.4 Å². The van der Waals surface area contributed by atoms with Crippen molar-refractivity contribution in [1.29, 1.82) is 0 Å². The molecule has 1 saturated carbocycles. The van der Waals surface area contributed by atoms with Crippen LogP contribution in [0.2, 0.25) is 0 Å². The monoisotopic (exact) mass is 234 g/mol. The Morgan fingerprint density at radius 2 is 2.35 bits per heavy atom. The van der Waals surface area contributed by atoms with Gasteiger partial charge in [0.2, 0.25) is 5.88 Å². The molecule has 0 spiro atoms. The van der Waals surface area contributed by atoms with Crippen molar-refractivity contribution in [3.05, 3.63) is 23.9 Å². The highest BCUT2D eigenvalue weighted by Crippen LogP contribution is 2.24. The van der Waals surface area contributed by atoms with Crippen molar-refractivity contribution < 1.29 is 9.53 Å². The summed E-state index contributed by atoms with van der Waals surface area (Å²) in [4.78, 5) is 17.7. The van der Waals surface area contributed by atoms with Gasteiger partial charge in [0.15, 0.2) is 5.78 Å². The Balaban J connectivity index is 1.87. The highest BCUT2D eigenvalue weighted by Gasteiger charge is 2.25. The second-order valence-electron chi connectivity index (χ2n) is 4.47. The Labute approximate surface area is 102 Å². The molecule has 17 heavy (non-hydrogen) atoms. The van der Waals surface area contributed by atoms with Crippen molar-refractivity contribution in [2.24, 2.45) is 0 Å². The molecule has 1 aromatic heterocycles. The number of hydrogen-bond acceptors (Lipinski definition) is 4. The molecule has 0 amide bonds. The summed E-state index contributed by atoms with van der Waals surface area (Å²) in [6.45, 7) is 2.98. The molecular formula is C13H18N2O2. The fourth-order valence-corrected chi connectivity index (χ4v) is 1.76. The number of hydrogen-bond donors (Lipinski definition) is 0. The van der Waals surface area contributed by atoms with E-state index in [2.05, 4.69) is 16.9 Å². The molecule has 92 valence electrons. The summed E-state index contributed by atoms with van der Waals surface area (Å²) in [7, 11) is 2.10. The van der Waals surface area contributed by atoms with Gasteiger partial charge in [0, 0.05) is 18.8 Å². The van der Waals surface area contributed by atoms with Crippen LogP contribution in [0.5, 0.6) is 5.88 Å². The van der Waals surface area contributed by atoms with E-state index in [-0.39, 0.29) is 5.78 Å².